The molecule has 0 atom stereocenters. The van der Waals surface area contributed by atoms with Crippen LogP contribution in [-0.2, 0) is 4.79 Å². The predicted molar refractivity (Wildman–Crippen MR) is 148 cm³/mol. The number of aromatic amines is 1. The molecule has 0 unspecified atom stereocenters. The van der Waals surface area contributed by atoms with Crippen molar-refractivity contribution in [3.63, 3.8) is 0 Å². The van der Waals surface area contributed by atoms with Crippen LogP contribution in [0.4, 0.5) is 15.8 Å². The van der Waals surface area contributed by atoms with Crippen molar-refractivity contribution < 1.29 is 18.8 Å². The van der Waals surface area contributed by atoms with Crippen LogP contribution in [0.15, 0.2) is 42.9 Å². The van der Waals surface area contributed by atoms with Crippen molar-refractivity contribution in [2.24, 2.45) is 5.73 Å². The molecule has 1 fully saturated rings. The topological polar surface area (TPSA) is 159 Å². The first-order valence-corrected chi connectivity index (χ1v) is 12.8. The average Bonchev–Trinajstić information content (AvgIpc) is 3.47. The lowest BCUT2D eigenvalue weighted by atomic mass is 10.0. The number of pyridine rings is 3. The molecule has 4 aromatic rings. The molecular weight excluding hydrogens is 515 g/mol. The molecule has 5 rings (SSSR count). The molecule has 5 heterocycles. The van der Waals surface area contributed by atoms with E-state index in [1.165, 1.54) is 12.4 Å². The van der Waals surface area contributed by atoms with Crippen molar-refractivity contribution in [3.05, 3.63) is 65.6 Å². The largest absolute Gasteiger partial charge is 0.364 e. The number of H-pyrrole nitrogens is 1. The third-order valence-electron chi connectivity index (χ3n) is 7.14. The van der Waals surface area contributed by atoms with Crippen molar-refractivity contribution in [1.82, 2.24) is 24.8 Å². The zero-order valence-electron chi connectivity index (χ0n) is 22.3. The third-order valence-corrected chi connectivity index (χ3v) is 7.14. The van der Waals surface area contributed by atoms with Crippen molar-refractivity contribution in [2.45, 2.75) is 39.2 Å². The van der Waals surface area contributed by atoms with Gasteiger partial charge < -0.3 is 21.4 Å². The highest BCUT2D eigenvalue weighted by Crippen LogP contribution is 2.28. The molecule has 0 aromatic carbocycles. The van der Waals surface area contributed by atoms with Crippen LogP contribution in [0.2, 0.25) is 0 Å². The molecule has 40 heavy (non-hydrogen) atoms. The summed E-state index contributed by atoms with van der Waals surface area (Å²) in [6.45, 7) is 7.18. The minimum absolute atomic E-state index is 0.0139. The molecule has 206 valence electrons. The Hall–Kier alpha value is -4.71. The number of amides is 3. The number of anilines is 2. The van der Waals surface area contributed by atoms with Gasteiger partial charge in [-0.25, -0.2) is 14.4 Å². The fraction of sp³-hybridized carbons (Fsp3) is 0.286. The van der Waals surface area contributed by atoms with Gasteiger partial charge in [-0.3, -0.25) is 24.3 Å². The molecule has 11 nitrogen and oxygen atoms in total. The van der Waals surface area contributed by atoms with Crippen LogP contribution in [0.1, 0.15) is 53.2 Å². The number of carbonyl (C=O) groups excluding carboxylic acids is 3. The van der Waals surface area contributed by atoms with E-state index in [0.717, 1.165) is 25.5 Å². The zero-order chi connectivity index (χ0) is 28.6. The van der Waals surface area contributed by atoms with E-state index < -0.39 is 23.3 Å². The molecule has 0 saturated carbocycles. The van der Waals surface area contributed by atoms with Gasteiger partial charge in [-0.1, -0.05) is 0 Å². The number of carbonyl (C=O) groups is 3. The fourth-order valence-corrected chi connectivity index (χ4v) is 4.81. The number of rotatable bonds is 7. The Bertz CT molecular complexity index is 1650. The third kappa shape index (κ3) is 5.52. The Morgan fingerprint density at radius 3 is 2.58 bits per heavy atom. The summed E-state index contributed by atoms with van der Waals surface area (Å²) in [4.78, 5) is 54.6. The van der Waals surface area contributed by atoms with E-state index in [4.69, 9.17) is 5.73 Å². The number of nitrogens with zero attached hydrogens (tertiary/aromatic N) is 4. The van der Waals surface area contributed by atoms with E-state index in [9.17, 15) is 18.8 Å². The van der Waals surface area contributed by atoms with Gasteiger partial charge in [-0.2, -0.15) is 0 Å². The Morgan fingerprint density at radius 1 is 1.07 bits per heavy atom. The van der Waals surface area contributed by atoms with Crippen LogP contribution < -0.4 is 16.4 Å². The standard InChI is InChI=1S/C28H29FN8O3/c1-15-21(10-19(13-31-15)34-23(38)14-37-6-4-5-28(37,2)3)36-27(40)18-7-16-9-22(35-26(16)33-12-18)17-8-20(29)24(25(30)39)32-11-17/h7-13H,4-6,14H2,1-3H3,(H2,30,39)(H,33,35)(H,34,38)(H,36,40). The first-order valence-electron chi connectivity index (χ1n) is 12.8. The molecular formula is C28H29FN8O3. The van der Waals surface area contributed by atoms with E-state index in [1.807, 2.05) is 0 Å². The van der Waals surface area contributed by atoms with Gasteiger partial charge in [-0.05, 0) is 64.4 Å². The minimum atomic E-state index is -0.956. The maximum absolute atomic E-state index is 14.2. The van der Waals surface area contributed by atoms with Gasteiger partial charge in [0.1, 0.15) is 5.65 Å². The van der Waals surface area contributed by atoms with Gasteiger partial charge in [0.2, 0.25) is 5.91 Å². The van der Waals surface area contributed by atoms with Crippen molar-refractivity contribution in [1.29, 1.82) is 0 Å². The van der Waals surface area contributed by atoms with Crippen LogP contribution in [0.3, 0.4) is 0 Å². The van der Waals surface area contributed by atoms with Crippen LogP contribution in [0.25, 0.3) is 22.3 Å². The second kappa shape index (κ2) is 10.5. The lowest BCUT2D eigenvalue weighted by Crippen LogP contribution is -2.42. The molecule has 3 amide bonds. The number of halogens is 1. The molecule has 1 aliphatic rings. The monoisotopic (exact) mass is 544 g/mol. The van der Waals surface area contributed by atoms with E-state index in [1.54, 1.807) is 31.3 Å². The quantitative estimate of drug-likeness (QED) is 0.276. The number of fused-ring (bicyclic) bond motifs is 1. The minimum Gasteiger partial charge on any atom is -0.364 e. The molecule has 0 spiro atoms. The van der Waals surface area contributed by atoms with Crippen LogP contribution in [-0.4, -0.2) is 61.2 Å². The summed E-state index contributed by atoms with van der Waals surface area (Å²) in [5, 5.41) is 6.33. The molecule has 1 saturated heterocycles. The number of aryl methyl sites for hydroxylation is 1. The first kappa shape index (κ1) is 26.9. The normalized spacial score (nSPS) is 14.8. The van der Waals surface area contributed by atoms with Crippen LogP contribution >= 0.6 is 0 Å². The molecule has 4 aromatic heterocycles. The second-order valence-electron chi connectivity index (χ2n) is 10.5. The van der Waals surface area contributed by atoms with Crippen LogP contribution in [0, 0.1) is 12.7 Å². The fourth-order valence-electron chi connectivity index (χ4n) is 4.81. The predicted octanol–water partition coefficient (Wildman–Crippen LogP) is 3.63. The van der Waals surface area contributed by atoms with Crippen LogP contribution in [0.5, 0.6) is 0 Å². The van der Waals surface area contributed by atoms with Gasteiger partial charge in [0.25, 0.3) is 11.8 Å². The molecule has 1 aliphatic heterocycles. The molecule has 5 N–H and O–H groups in total. The Balaban J connectivity index is 1.30. The molecule has 12 heteroatoms. The Kier molecular flexibility index (Phi) is 7.03. The summed E-state index contributed by atoms with van der Waals surface area (Å²) in [6, 6.07) is 6.17. The first-order chi connectivity index (χ1) is 19.0. The van der Waals surface area contributed by atoms with Gasteiger partial charge >= 0.3 is 0 Å². The number of nitrogens with one attached hydrogen (secondary N) is 3. The lowest BCUT2D eigenvalue weighted by molar-refractivity contribution is -0.118. The summed E-state index contributed by atoms with van der Waals surface area (Å²) in [5.41, 5.74) is 7.84. The lowest BCUT2D eigenvalue weighted by Gasteiger charge is -2.30. The van der Waals surface area contributed by atoms with E-state index >= 15 is 0 Å². The zero-order valence-corrected chi connectivity index (χ0v) is 22.3. The summed E-state index contributed by atoms with van der Waals surface area (Å²) in [5.74, 6) is -2.35. The van der Waals surface area contributed by atoms with Gasteiger partial charge in [0.05, 0.1) is 35.4 Å². The number of primary amides is 1. The second-order valence-corrected chi connectivity index (χ2v) is 10.5. The highest BCUT2D eigenvalue weighted by molar-refractivity contribution is 6.06. The van der Waals surface area contributed by atoms with Crippen molar-refractivity contribution in [2.75, 3.05) is 23.7 Å². The van der Waals surface area contributed by atoms with Crippen molar-refractivity contribution in [3.8, 4) is 11.3 Å². The molecule has 0 bridgehead atoms. The SMILES string of the molecule is Cc1ncc(NC(=O)CN2CCCC2(C)C)cc1NC(=O)c1cnc2[nH]c(-c3cnc(C(N)=O)c(F)c3)cc2c1. The van der Waals surface area contributed by atoms with E-state index in [2.05, 4.69) is 49.3 Å². The summed E-state index contributed by atoms with van der Waals surface area (Å²) < 4.78 is 14.2. The number of hydrogen-bond donors (Lipinski definition) is 4. The maximum atomic E-state index is 14.2. The highest BCUT2D eigenvalue weighted by atomic mass is 19.1. The van der Waals surface area contributed by atoms with E-state index in [0.29, 0.717) is 39.4 Å². The number of likely N-dealkylation sites (tertiary alicyclic amines) is 1. The summed E-state index contributed by atoms with van der Waals surface area (Å²) in [6.07, 6.45) is 6.41. The average molecular weight is 545 g/mol. The summed E-state index contributed by atoms with van der Waals surface area (Å²) in [7, 11) is 0. The van der Waals surface area contributed by atoms with E-state index in [-0.39, 0.29) is 23.6 Å². The smallest absolute Gasteiger partial charge is 0.270 e. The number of nitrogens with two attached hydrogens (primary N) is 1. The Morgan fingerprint density at radius 2 is 1.88 bits per heavy atom. The summed E-state index contributed by atoms with van der Waals surface area (Å²) >= 11 is 0. The van der Waals surface area contributed by atoms with Gasteiger partial charge in [-0.15, -0.1) is 0 Å². The maximum Gasteiger partial charge on any atom is 0.270 e. The molecule has 0 radical (unpaired) electrons. The van der Waals surface area contributed by atoms with Crippen molar-refractivity contribution >= 4 is 40.1 Å². The Labute approximate surface area is 229 Å². The number of aromatic nitrogens is 4. The highest BCUT2D eigenvalue weighted by Gasteiger charge is 2.32. The van der Waals surface area contributed by atoms with Gasteiger partial charge in [0, 0.05) is 34.6 Å². The van der Waals surface area contributed by atoms with Gasteiger partial charge in [0.15, 0.2) is 11.5 Å². The molecule has 0 aliphatic carbocycles. The number of hydrogen-bond acceptors (Lipinski definition) is 7.